The zero-order valence-electron chi connectivity index (χ0n) is 19.9. The molecule has 2 aromatic rings. The molecule has 0 radical (unpaired) electrons. The smallest absolute Gasteiger partial charge is 0.351 e. The normalized spacial score (nSPS) is 25.8. The molecule has 1 aromatic heterocycles. The second-order valence-corrected chi connectivity index (χ2v) is 14.7. The van der Waals surface area contributed by atoms with Crippen molar-refractivity contribution in [2.45, 2.75) is 69.9 Å². The van der Waals surface area contributed by atoms with Crippen molar-refractivity contribution in [3.8, 4) is 0 Å². The van der Waals surface area contributed by atoms with Crippen LogP contribution in [0.3, 0.4) is 0 Å². The number of aromatic nitrogens is 2. The van der Waals surface area contributed by atoms with E-state index in [2.05, 4.69) is 31.1 Å². The summed E-state index contributed by atoms with van der Waals surface area (Å²) in [6, 6.07) is 10.1. The average molecular weight is 476 g/mol. The van der Waals surface area contributed by atoms with E-state index in [1.54, 1.807) is 37.3 Å². The van der Waals surface area contributed by atoms with E-state index in [1.807, 2.05) is 13.1 Å². The van der Waals surface area contributed by atoms with Crippen molar-refractivity contribution >= 4 is 20.0 Å². The van der Waals surface area contributed by atoms with E-state index in [-0.39, 0.29) is 16.8 Å². The Bertz CT molecular complexity index is 1050. The molecule has 180 valence electrons. The van der Waals surface area contributed by atoms with E-state index in [1.165, 1.54) is 16.8 Å². The van der Waals surface area contributed by atoms with Gasteiger partial charge in [-0.3, -0.25) is 9.36 Å². The van der Waals surface area contributed by atoms with Gasteiger partial charge in [0.2, 0.25) is 0 Å². The molecule has 10 heteroatoms. The van der Waals surface area contributed by atoms with Crippen LogP contribution in [-0.2, 0) is 9.16 Å². The zero-order chi connectivity index (χ0) is 24.6. The standard InChI is InChI=1S/C23H33N3O6Si/c1-22(2,3)33(5,6)32-23(4)18(28)16(14-27)31-20(23)26-13-12-17(25-21(26)30)24-19(29)15-10-8-7-9-11-15/h7-13,16,18,20,27-28H,14H2,1-6H3,(H,24,25,29,30)/t16-,18-,20-,23-/m1/s1. The molecule has 1 saturated heterocycles. The maximum absolute atomic E-state index is 12.9. The summed E-state index contributed by atoms with van der Waals surface area (Å²) in [5.41, 5.74) is -1.54. The van der Waals surface area contributed by atoms with Crippen molar-refractivity contribution in [2.24, 2.45) is 0 Å². The summed E-state index contributed by atoms with van der Waals surface area (Å²) < 4.78 is 13.7. The number of rotatable bonds is 6. The predicted molar refractivity (Wildman–Crippen MR) is 127 cm³/mol. The summed E-state index contributed by atoms with van der Waals surface area (Å²) in [7, 11) is -2.40. The molecule has 3 N–H and O–H groups in total. The zero-order valence-corrected chi connectivity index (χ0v) is 20.9. The molecule has 33 heavy (non-hydrogen) atoms. The van der Waals surface area contributed by atoms with Gasteiger partial charge in [-0.25, -0.2) is 4.79 Å². The summed E-state index contributed by atoms with van der Waals surface area (Å²) in [5, 5.41) is 23.2. The van der Waals surface area contributed by atoms with Gasteiger partial charge in [0.25, 0.3) is 5.91 Å². The highest BCUT2D eigenvalue weighted by Crippen LogP contribution is 2.47. The third-order valence-electron chi connectivity index (χ3n) is 6.55. The van der Waals surface area contributed by atoms with Gasteiger partial charge in [-0.2, -0.15) is 4.98 Å². The highest BCUT2D eigenvalue weighted by molar-refractivity contribution is 6.74. The van der Waals surface area contributed by atoms with Crippen molar-refractivity contribution in [1.82, 2.24) is 9.55 Å². The molecule has 0 unspecified atom stereocenters. The molecule has 9 nitrogen and oxygen atoms in total. The second-order valence-electron chi connectivity index (χ2n) is 10.0. The molecule has 0 saturated carbocycles. The van der Waals surface area contributed by atoms with Gasteiger partial charge in [-0.15, -0.1) is 0 Å². The molecule has 2 heterocycles. The lowest BCUT2D eigenvalue weighted by molar-refractivity contribution is -0.0899. The fraction of sp³-hybridized carbons (Fsp3) is 0.522. The lowest BCUT2D eigenvalue weighted by atomic mass is 9.96. The molecule has 0 bridgehead atoms. The number of amides is 1. The largest absolute Gasteiger partial charge is 0.404 e. The van der Waals surface area contributed by atoms with Crippen LogP contribution in [0.15, 0.2) is 47.4 Å². The first-order valence-electron chi connectivity index (χ1n) is 10.9. The van der Waals surface area contributed by atoms with E-state index in [0.717, 1.165) is 0 Å². The summed E-state index contributed by atoms with van der Waals surface area (Å²) in [6.07, 6.45) is -1.65. The second kappa shape index (κ2) is 9.11. The molecular formula is C23H33N3O6Si. The monoisotopic (exact) mass is 475 g/mol. The Labute approximate surface area is 194 Å². The lowest BCUT2D eigenvalue weighted by Crippen LogP contribution is -2.56. The van der Waals surface area contributed by atoms with E-state index in [0.29, 0.717) is 5.56 Å². The fourth-order valence-electron chi connectivity index (χ4n) is 3.63. The van der Waals surface area contributed by atoms with Gasteiger partial charge >= 0.3 is 5.69 Å². The molecule has 1 aliphatic heterocycles. The van der Waals surface area contributed by atoms with Gasteiger partial charge in [0.1, 0.15) is 23.6 Å². The molecule has 1 fully saturated rings. The van der Waals surface area contributed by atoms with E-state index < -0.39 is 44.7 Å². The van der Waals surface area contributed by atoms with E-state index >= 15 is 0 Å². The highest BCUT2D eigenvalue weighted by Gasteiger charge is 2.58. The van der Waals surface area contributed by atoms with Gasteiger partial charge in [0.15, 0.2) is 14.5 Å². The number of aliphatic hydroxyl groups excluding tert-OH is 2. The summed E-state index contributed by atoms with van der Waals surface area (Å²) >= 11 is 0. The Hall–Kier alpha value is -2.37. The summed E-state index contributed by atoms with van der Waals surface area (Å²) in [4.78, 5) is 29.3. The number of nitrogens with one attached hydrogen (secondary N) is 1. The summed E-state index contributed by atoms with van der Waals surface area (Å²) in [6.45, 7) is 11.6. The van der Waals surface area contributed by atoms with Crippen LogP contribution < -0.4 is 11.0 Å². The van der Waals surface area contributed by atoms with Gasteiger partial charge in [0, 0.05) is 11.8 Å². The molecule has 3 rings (SSSR count). The number of benzene rings is 1. The Morgan fingerprint density at radius 1 is 1.27 bits per heavy atom. The van der Waals surface area contributed by atoms with Crippen LogP contribution in [0.25, 0.3) is 0 Å². The number of anilines is 1. The molecular weight excluding hydrogens is 442 g/mol. The minimum atomic E-state index is -2.40. The van der Waals surface area contributed by atoms with E-state index in [4.69, 9.17) is 9.16 Å². The predicted octanol–water partition coefficient (Wildman–Crippen LogP) is 2.53. The van der Waals surface area contributed by atoms with Crippen LogP contribution >= 0.6 is 0 Å². The maximum Gasteiger partial charge on any atom is 0.351 e. The third-order valence-corrected chi connectivity index (χ3v) is 11.1. The van der Waals surface area contributed by atoms with Gasteiger partial charge in [0.05, 0.1) is 6.61 Å². The molecule has 4 atom stereocenters. The van der Waals surface area contributed by atoms with Crippen LogP contribution in [0, 0.1) is 0 Å². The highest BCUT2D eigenvalue weighted by atomic mass is 28.4. The van der Waals surface area contributed by atoms with Gasteiger partial charge in [-0.05, 0) is 43.3 Å². The van der Waals surface area contributed by atoms with Crippen molar-refractivity contribution in [2.75, 3.05) is 11.9 Å². The Balaban J connectivity index is 1.92. The van der Waals surface area contributed by atoms with Crippen LogP contribution in [-0.4, -0.2) is 58.4 Å². The minimum absolute atomic E-state index is 0.0920. The lowest BCUT2D eigenvalue weighted by Gasteiger charge is -2.45. The molecule has 0 spiro atoms. The summed E-state index contributed by atoms with van der Waals surface area (Å²) in [5.74, 6) is -0.298. The number of hydrogen-bond acceptors (Lipinski definition) is 7. The topological polar surface area (TPSA) is 123 Å². The van der Waals surface area contributed by atoms with Gasteiger partial charge in [-0.1, -0.05) is 39.0 Å². The van der Waals surface area contributed by atoms with Crippen LogP contribution in [0.1, 0.15) is 44.3 Å². The van der Waals surface area contributed by atoms with Crippen LogP contribution in [0.4, 0.5) is 5.82 Å². The van der Waals surface area contributed by atoms with Crippen molar-refractivity contribution in [3.05, 3.63) is 58.6 Å². The van der Waals surface area contributed by atoms with Crippen LogP contribution in [0.5, 0.6) is 0 Å². The number of hydrogen-bond donors (Lipinski definition) is 3. The SMILES string of the molecule is CC(C)(C)[Si](C)(C)O[C@]1(C)[C@H](O)[C@@H](CO)O[C@H]1n1ccc(NC(=O)c2ccccc2)nc1=O. The van der Waals surface area contributed by atoms with Gasteiger partial charge < -0.3 is 24.7 Å². The molecule has 1 aromatic carbocycles. The third kappa shape index (κ3) is 4.94. The number of aliphatic hydroxyl groups is 2. The first-order chi connectivity index (χ1) is 15.3. The molecule has 1 amide bonds. The van der Waals surface area contributed by atoms with Crippen LogP contribution in [0.2, 0.25) is 18.1 Å². The maximum atomic E-state index is 12.9. The number of ether oxygens (including phenoxy) is 1. The Morgan fingerprint density at radius 3 is 2.45 bits per heavy atom. The van der Waals surface area contributed by atoms with Crippen molar-refractivity contribution < 1.29 is 24.2 Å². The molecule has 0 aliphatic carbocycles. The average Bonchev–Trinajstić information content (AvgIpc) is 2.97. The minimum Gasteiger partial charge on any atom is -0.404 e. The van der Waals surface area contributed by atoms with Crippen molar-refractivity contribution in [1.29, 1.82) is 0 Å². The fourth-order valence-corrected chi connectivity index (χ4v) is 5.25. The number of carbonyl (C=O) groups excluding carboxylic acids is 1. The number of carbonyl (C=O) groups is 1. The Kier molecular flexibility index (Phi) is 6.97. The first-order valence-corrected chi connectivity index (χ1v) is 13.8. The van der Waals surface area contributed by atoms with E-state index in [9.17, 15) is 19.8 Å². The first kappa shape index (κ1) is 25.3. The van der Waals surface area contributed by atoms with Crippen molar-refractivity contribution in [3.63, 3.8) is 0 Å². The number of nitrogens with zero attached hydrogens (tertiary/aromatic N) is 2. The molecule has 1 aliphatic rings. The quantitative estimate of drug-likeness (QED) is 0.549. The Morgan fingerprint density at radius 2 is 1.91 bits per heavy atom.